The van der Waals surface area contributed by atoms with Gasteiger partial charge in [0.05, 0.1) is 7.11 Å². The van der Waals surface area contributed by atoms with Crippen LogP contribution in [0.15, 0.2) is 29.2 Å². The number of para-hydroxylation sites is 1. The number of hydrogen-bond acceptors (Lipinski definition) is 4. The number of piperidine rings is 1. The minimum Gasteiger partial charge on any atom is -0.495 e. The van der Waals surface area contributed by atoms with E-state index in [9.17, 15) is 8.42 Å². The Balaban J connectivity index is 0.00000220. The van der Waals surface area contributed by atoms with Crippen LogP contribution in [0, 0.1) is 0 Å². The molecule has 0 radical (unpaired) electrons. The first-order valence-corrected chi connectivity index (χ1v) is 8.33. The highest BCUT2D eigenvalue weighted by Crippen LogP contribution is 2.31. The topological polar surface area (TPSA) is 72.6 Å². The molecule has 1 aliphatic heterocycles. The third-order valence-corrected chi connectivity index (χ3v) is 5.72. The molecule has 120 valence electrons. The molecule has 2 rings (SSSR count). The zero-order valence-corrected chi connectivity index (χ0v) is 14.0. The fourth-order valence-corrected chi connectivity index (χ4v) is 4.64. The Morgan fingerprint density at radius 2 is 2.00 bits per heavy atom. The molecule has 1 aromatic carbocycles. The van der Waals surface area contributed by atoms with Crippen molar-refractivity contribution in [1.29, 1.82) is 0 Å². The summed E-state index contributed by atoms with van der Waals surface area (Å²) in [5, 5.41) is 0. The zero-order chi connectivity index (χ0) is 14.8. The Morgan fingerprint density at radius 1 is 1.33 bits per heavy atom. The van der Waals surface area contributed by atoms with E-state index in [-0.39, 0.29) is 29.4 Å². The first-order chi connectivity index (χ1) is 9.48. The average molecular weight is 335 g/mol. The molecule has 1 fully saturated rings. The van der Waals surface area contributed by atoms with Crippen molar-refractivity contribution in [2.75, 3.05) is 13.7 Å². The summed E-state index contributed by atoms with van der Waals surface area (Å²) in [6.07, 6.45) is 2.70. The second-order valence-electron chi connectivity index (χ2n) is 5.19. The summed E-state index contributed by atoms with van der Waals surface area (Å²) in [6.45, 7) is 2.38. The van der Waals surface area contributed by atoms with Crippen LogP contribution >= 0.6 is 12.4 Å². The van der Waals surface area contributed by atoms with E-state index in [4.69, 9.17) is 10.5 Å². The number of rotatable bonds is 4. The summed E-state index contributed by atoms with van der Waals surface area (Å²) >= 11 is 0. The van der Waals surface area contributed by atoms with Crippen molar-refractivity contribution in [2.45, 2.75) is 43.2 Å². The van der Waals surface area contributed by atoms with Gasteiger partial charge in [0.2, 0.25) is 10.0 Å². The van der Waals surface area contributed by atoms with Gasteiger partial charge in [-0.15, -0.1) is 12.4 Å². The van der Waals surface area contributed by atoms with Crippen molar-refractivity contribution >= 4 is 22.4 Å². The lowest BCUT2D eigenvalue weighted by atomic mass is 10.00. The van der Waals surface area contributed by atoms with Crippen molar-refractivity contribution in [1.82, 2.24) is 4.31 Å². The van der Waals surface area contributed by atoms with Crippen LogP contribution in [0.3, 0.4) is 0 Å². The third kappa shape index (κ3) is 3.69. The molecule has 1 aliphatic rings. The standard InChI is InChI=1S/C14H22N2O3S.ClH/c1-11(15)12-7-5-6-10-16(12)20(17,18)14-9-4-3-8-13(14)19-2;/h3-4,8-9,11-12H,5-7,10,15H2,1-2H3;1H. The molecule has 2 unspecified atom stereocenters. The van der Waals surface area contributed by atoms with Gasteiger partial charge in [0.15, 0.2) is 0 Å². The van der Waals surface area contributed by atoms with Crippen molar-refractivity contribution in [2.24, 2.45) is 5.73 Å². The maximum absolute atomic E-state index is 12.9. The number of sulfonamides is 1. The van der Waals surface area contributed by atoms with Crippen LogP contribution in [0.25, 0.3) is 0 Å². The molecule has 21 heavy (non-hydrogen) atoms. The van der Waals surface area contributed by atoms with E-state index in [2.05, 4.69) is 0 Å². The summed E-state index contributed by atoms with van der Waals surface area (Å²) in [5.41, 5.74) is 5.97. The largest absolute Gasteiger partial charge is 0.495 e. The van der Waals surface area contributed by atoms with Gasteiger partial charge in [-0.2, -0.15) is 4.31 Å². The number of ether oxygens (including phenoxy) is 1. The molecule has 7 heteroatoms. The van der Waals surface area contributed by atoms with Crippen LogP contribution in [-0.4, -0.2) is 38.5 Å². The Hall–Kier alpha value is -0.820. The maximum Gasteiger partial charge on any atom is 0.247 e. The average Bonchev–Trinajstić information content (AvgIpc) is 2.47. The van der Waals surface area contributed by atoms with Crippen molar-refractivity contribution in [3.8, 4) is 5.75 Å². The van der Waals surface area contributed by atoms with Gasteiger partial charge < -0.3 is 10.5 Å². The maximum atomic E-state index is 12.9. The molecular formula is C14H23ClN2O3S. The van der Waals surface area contributed by atoms with Crippen LogP contribution in [0.2, 0.25) is 0 Å². The second-order valence-corrected chi connectivity index (χ2v) is 7.05. The van der Waals surface area contributed by atoms with Crippen molar-refractivity contribution in [3.05, 3.63) is 24.3 Å². The first-order valence-electron chi connectivity index (χ1n) is 6.89. The highest BCUT2D eigenvalue weighted by molar-refractivity contribution is 7.89. The van der Waals surface area contributed by atoms with E-state index in [1.165, 1.54) is 7.11 Å². The monoisotopic (exact) mass is 334 g/mol. The second kappa shape index (κ2) is 7.45. The molecule has 1 aromatic rings. The predicted molar refractivity (Wildman–Crippen MR) is 85.4 cm³/mol. The van der Waals surface area contributed by atoms with Gasteiger partial charge in [0, 0.05) is 18.6 Å². The van der Waals surface area contributed by atoms with Crippen LogP contribution in [0.1, 0.15) is 26.2 Å². The number of hydrogen-bond donors (Lipinski definition) is 1. The van der Waals surface area contributed by atoms with Crippen LogP contribution in [-0.2, 0) is 10.0 Å². The number of halogens is 1. The van der Waals surface area contributed by atoms with Crippen LogP contribution in [0.4, 0.5) is 0 Å². The van der Waals surface area contributed by atoms with E-state index < -0.39 is 10.0 Å². The molecule has 0 spiro atoms. The van der Waals surface area contributed by atoms with Crippen molar-refractivity contribution in [3.63, 3.8) is 0 Å². The Bertz CT molecular complexity index is 563. The van der Waals surface area contributed by atoms with E-state index in [1.54, 1.807) is 28.6 Å². The Labute approximate surface area is 132 Å². The predicted octanol–water partition coefficient (Wildman–Crippen LogP) is 2.01. The van der Waals surface area contributed by atoms with E-state index >= 15 is 0 Å². The minimum absolute atomic E-state index is 0. The van der Waals surface area contributed by atoms with Gasteiger partial charge in [-0.1, -0.05) is 18.6 Å². The summed E-state index contributed by atoms with van der Waals surface area (Å²) in [6, 6.07) is 6.40. The molecule has 0 bridgehead atoms. The SMILES string of the molecule is COc1ccccc1S(=O)(=O)N1CCCCC1C(C)N.Cl. The highest BCUT2D eigenvalue weighted by Gasteiger charge is 2.36. The number of methoxy groups -OCH3 is 1. The van der Waals surface area contributed by atoms with Gasteiger partial charge in [-0.25, -0.2) is 8.42 Å². The van der Waals surface area contributed by atoms with Gasteiger partial charge in [-0.05, 0) is 31.9 Å². The Morgan fingerprint density at radius 3 is 2.62 bits per heavy atom. The van der Waals surface area contributed by atoms with Crippen molar-refractivity contribution < 1.29 is 13.2 Å². The molecule has 0 amide bonds. The van der Waals surface area contributed by atoms with E-state index in [1.807, 2.05) is 6.92 Å². The number of benzene rings is 1. The fraction of sp³-hybridized carbons (Fsp3) is 0.571. The van der Waals surface area contributed by atoms with Gasteiger partial charge in [0.1, 0.15) is 10.6 Å². The van der Waals surface area contributed by atoms with Gasteiger partial charge in [-0.3, -0.25) is 0 Å². The third-order valence-electron chi connectivity index (χ3n) is 3.76. The normalized spacial score (nSPS) is 21.4. The van der Waals surface area contributed by atoms with Crippen LogP contribution < -0.4 is 10.5 Å². The van der Waals surface area contributed by atoms with E-state index in [0.29, 0.717) is 12.3 Å². The molecule has 2 N–H and O–H groups in total. The summed E-state index contributed by atoms with van der Waals surface area (Å²) < 4.78 is 32.5. The lowest BCUT2D eigenvalue weighted by Gasteiger charge is -2.37. The van der Waals surface area contributed by atoms with Gasteiger partial charge in [0.25, 0.3) is 0 Å². The quantitative estimate of drug-likeness (QED) is 0.914. The molecule has 1 heterocycles. The Kier molecular flexibility index (Phi) is 6.46. The first kappa shape index (κ1) is 18.2. The molecular weight excluding hydrogens is 312 g/mol. The number of nitrogens with zero attached hydrogens (tertiary/aromatic N) is 1. The lowest BCUT2D eigenvalue weighted by Crippen LogP contribution is -2.51. The molecule has 0 saturated carbocycles. The lowest BCUT2D eigenvalue weighted by molar-refractivity contribution is 0.226. The molecule has 2 atom stereocenters. The van der Waals surface area contributed by atoms with Crippen LogP contribution in [0.5, 0.6) is 5.75 Å². The molecule has 0 aromatic heterocycles. The molecule has 5 nitrogen and oxygen atoms in total. The van der Waals surface area contributed by atoms with Gasteiger partial charge >= 0.3 is 0 Å². The zero-order valence-electron chi connectivity index (χ0n) is 12.4. The molecule has 0 aliphatic carbocycles. The molecule has 1 saturated heterocycles. The van der Waals surface area contributed by atoms with E-state index in [0.717, 1.165) is 19.3 Å². The summed E-state index contributed by atoms with van der Waals surface area (Å²) in [4.78, 5) is 0.218. The fourth-order valence-electron chi connectivity index (χ4n) is 2.71. The summed E-state index contributed by atoms with van der Waals surface area (Å²) in [7, 11) is -2.09. The minimum atomic E-state index is -3.57. The number of nitrogens with two attached hydrogens (primary N) is 1. The summed E-state index contributed by atoms with van der Waals surface area (Å²) in [5.74, 6) is 0.376. The smallest absolute Gasteiger partial charge is 0.247 e. The highest BCUT2D eigenvalue weighted by atomic mass is 35.5.